The van der Waals surface area contributed by atoms with Crippen LogP contribution in [0.1, 0.15) is 26.7 Å². The topological polar surface area (TPSA) is 84.9 Å². The first-order valence-electron chi connectivity index (χ1n) is 6.15. The lowest BCUT2D eigenvalue weighted by molar-refractivity contribution is -0.140. The van der Waals surface area contributed by atoms with Gasteiger partial charge >= 0.3 is 5.97 Å². The van der Waals surface area contributed by atoms with Crippen molar-refractivity contribution in [3.05, 3.63) is 0 Å². The van der Waals surface area contributed by atoms with E-state index in [4.69, 9.17) is 4.74 Å². The van der Waals surface area contributed by atoms with Crippen molar-refractivity contribution >= 4 is 16.2 Å². The van der Waals surface area contributed by atoms with Crippen molar-refractivity contribution < 1.29 is 22.7 Å². The summed E-state index contributed by atoms with van der Waals surface area (Å²) in [6.45, 7) is 4.26. The van der Waals surface area contributed by atoms with Gasteiger partial charge in [0, 0.05) is 20.2 Å². The van der Waals surface area contributed by atoms with Gasteiger partial charge in [0.05, 0.1) is 25.2 Å². The molecule has 7 nitrogen and oxygen atoms in total. The molecule has 0 spiro atoms. The van der Waals surface area contributed by atoms with Gasteiger partial charge in [-0.15, -0.1) is 0 Å². The molecule has 0 aromatic carbocycles. The number of nitrogens with one attached hydrogen (secondary N) is 1. The van der Waals surface area contributed by atoms with Gasteiger partial charge in [0.2, 0.25) is 0 Å². The van der Waals surface area contributed by atoms with Crippen LogP contribution in [0, 0.1) is 0 Å². The van der Waals surface area contributed by atoms with Crippen molar-refractivity contribution in [2.75, 3.05) is 27.3 Å². The Hall–Kier alpha value is -0.700. The number of methoxy groups -OCH3 is 1. The maximum atomic E-state index is 12.1. The highest BCUT2D eigenvalue weighted by Crippen LogP contribution is 2.26. The predicted octanol–water partition coefficient (Wildman–Crippen LogP) is -0.117. The summed E-state index contributed by atoms with van der Waals surface area (Å²) >= 11 is 0. The normalized spacial score (nSPS) is 27.7. The van der Waals surface area contributed by atoms with Crippen LogP contribution in [0.25, 0.3) is 0 Å². The maximum absolute atomic E-state index is 12.1. The Balaban J connectivity index is 2.62. The van der Waals surface area contributed by atoms with Gasteiger partial charge in [-0.2, -0.15) is 17.4 Å². The molecule has 1 fully saturated rings. The Morgan fingerprint density at radius 1 is 1.58 bits per heavy atom. The van der Waals surface area contributed by atoms with Crippen LogP contribution in [0.3, 0.4) is 0 Å². The minimum Gasteiger partial charge on any atom is -0.469 e. The highest BCUT2D eigenvalue weighted by molar-refractivity contribution is 7.87. The molecule has 2 unspecified atom stereocenters. The fraction of sp³-hybridized carbons (Fsp3) is 0.909. The third kappa shape index (κ3) is 4.13. The molecule has 0 aromatic heterocycles. The number of hydrogen-bond acceptors (Lipinski definition) is 5. The maximum Gasteiger partial charge on any atom is 0.306 e. The summed E-state index contributed by atoms with van der Waals surface area (Å²) in [5, 5.41) is 0. The summed E-state index contributed by atoms with van der Waals surface area (Å²) in [7, 11) is -0.946. The number of hydrogen-bond donors (Lipinski definition) is 1. The Bertz CT molecular complexity index is 425. The Labute approximate surface area is 114 Å². The van der Waals surface area contributed by atoms with Gasteiger partial charge in [-0.05, 0) is 20.3 Å². The summed E-state index contributed by atoms with van der Waals surface area (Å²) in [5.74, 6) is -0.439. The second-order valence-corrected chi connectivity index (χ2v) is 6.71. The molecular formula is C11H22N2O5S. The van der Waals surface area contributed by atoms with Crippen LogP contribution >= 0.6 is 0 Å². The van der Waals surface area contributed by atoms with Gasteiger partial charge in [0.1, 0.15) is 0 Å². The average Bonchev–Trinajstić information content (AvgIpc) is 2.64. The SMILES string of the molecule is COC(=O)CCN(C)S(=O)(=O)NC1(C)CCOC1C. The lowest BCUT2D eigenvalue weighted by Gasteiger charge is -2.30. The molecule has 1 rings (SSSR count). The van der Waals surface area contributed by atoms with Crippen LogP contribution in [0.4, 0.5) is 0 Å². The first-order valence-corrected chi connectivity index (χ1v) is 7.59. The van der Waals surface area contributed by atoms with E-state index in [1.807, 2.05) is 13.8 Å². The molecule has 0 radical (unpaired) electrons. The van der Waals surface area contributed by atoms with Crippen molar-refractivity contribution in [1.82, 2.24) is 9.03 Å². The molecule has 1 aliphatic rings. The smallest absolute Gasteiger partial charge is 0.306 e. The summed E-state index contributed by atoms with van der Waals surface area (Å²) < 4.78 is 37.9. The van der Waals surface area contributed by atoms with E-state index in [1.165, 1.54) is 14.2 Å². The van der Waals surface area contributed by atoms with E-state index < -0.39 is 21.7 Å². The lowest BCUT2D eigenvalue weighted by Crippen LogP contribution is -2.54. The number of carbonyl (C=O) groups excluding carboxylic acids is 1. The molecule has 112 valence electrons. The molecule has 1 saturated heterocycles. The van der Waals surface area contributed by atoms with Crippen molar-refractivity contribution in [2.24, 2.45) is 0 Å². The zero-order valence-electron chi connectivity index (χ0n) is 11.8. The van der Waals surface area contributed by atoms with E-state index in [9.17, 15) is 13.2 Å². The molecule has 1 N–H and O–H groups in total. The van der Waals surface area contributed by atoms with Gasteiger partial charge in [0.15, 0.2) is 0 Å². The van der Waals surface area contributed by atoms with Gasteiger partial charge in [-0.1, -0.05) is 0 Å². The molecule has 0 bridgehead atoms. The minimum absolute atomic E-state index is 0.0245. The van der Waals surface area contributed by atoms with Crippen molar-refractivity contribution in [3.8, 4) is 0 Å². The molecule has 19 heavy (non-hydrogen) atoms. The minimum atomic E-state index is -3.64. The monoisotopic (exact) mass is 294 g/mol. The second-order valence-electron chi connectivity index (χ2n) is 4.94. The summed E-state index contributed by atoms with van der Waals surface area (Å²) in [6, 6.07) is 0. The fourth-order valence-electron chi connectivity index (χ4n) is 1.81. The van der Waals surface area contributed by atoms with E-state index in [0.717, 1.165) is 4.31 Å². The standard InChI is InChI=1S/C11H22N2O5S/c1-9-11(2,6-8-18-9)12-19(15,16)13(3)7-5-10(14)17-4/h9,12H,5-8H2,1-4H3. The molecule has 2 atom stereocenters. The highest BCUT2D eigenvalue weighted by Gasteiger charge is 2.41. The van der Waals surface area contributed by atoms with Crippen LogP contribution in [0.5, 0.6) is 0 Å². The van der Waals surface area contributed by atoms with Crippen LogP contribution in [0.2, 0.25) is 0 Å². The number of carbonyl (C=O) groups is 1. The molecular weight excluding hydrogens is 272 g/mol. The molecule has 1 aliphatic heterocycles. The largest absolute Gasteiger partial charge is 0.469 e. The van der Waals surface area contributed by atoms with Gasteiger partial charge < -0.3 is 9.47 Å². The van der Waals surface area contributed by atoms with Crippen LogP contribution in [0.15, 0.2) is 0 Å². The highest BCUT2D eigenvalue weighted by atomic mass is 32.2. The quantitative estimate of drug-likeness (QED) is 0.691. The second kappa shape index (κ2) is 6.17. The van der Waals surface area contributed by atoms with Gasteiger partial charge in [-0.25, -0.2) is 0 Å². The molecule has 0 saturated carbocycles. The molecule has 0 amide bonds. The number of ether oxygens (including phenoxy) is 2. The van der Waals surface area contributed by atoms with Crippen LogP contribution in [-0.2, 0) is 24.5 Å². The Morgan fingerprint density at radius 2 is 2.21 bits per heavy atom. The molecule has 0 aliphatic carbocycles. The average molecular weight is 294 g/mol. The zero-order chi connectivity index (χ0) is 14.7. The third-order valence-corrected chi connectivity index (χ3v) is 5.24. The zero-order valence-corrected chi connectivity index (χ0v) is 12.6. The van der Waals surface area contributed by atoms with E-state index in [1.54, 1.807) is 0 Å². The van der Waals surface area contributed by atoms with Crippen LogP contribution in [-0.4, -0.2) is 57.6 Å². The van der Waals surface area contributed by atoms with Crippen LogP contribution < -0.4 is 4.72 Å². The van der Waals surface area contributed by atoms with E-state index in [-0.39, 0.29) is 19.1 Å². The predicted molar refractivity (Wildman–Crippen MR) is 69.8 cm³/mol. The van der Waals surface area contributed by atoms with Crippen molar-refractivity contribution in [1.29, 1.82) is 0 Å². The van der Waals surface area contributed by atoms with E-state index >= 15 is 0 Å². The van der Waals surface area contributed by atoms with Gasteiger partial charge in [-0.3, -0.25) is 4.79 Å². The van der Waals surface area contributed by atoms with E-state index in [0.29, 0.717) is 13.0 Å². The third-order valence-electron chi connectivity index (χ3n) is 3.52. The van der Waals surface area contributed by atoms with Crippen molar-refractivity contribution in [3.63, 3.8) is 0 Å². The van der Waals surface area contributed by atoms with Gasteiger partial charge in [0.25, 0.3) is 10.2 Å². The van der Waals surface area contributed by atoms with E-state index in [2.05, 4.69) is 9.46 Å². The van der Waals surface area contributed by atoms with Crippen molar-refractivity contribution in [2.45, 2.75) is 38.3 Å². The number of esters is 1. The Morgan fingerprint density at radius 3 is 2.68 bits per heavy atom. The molecule has 8 heteroatoms. The summed E-state index contributed by atoms with van der Waals surface area (Å²) in [4.78, 5) is 11.0. The number of rotatable bonds is 6. The lowest BCUT2D eigenvalue weighted by atomic mass is 9.97. The summed E-state index contributed by atoms with van der Waals surface area (Å²) in [6.07, 6.45) is 0.464. The first-order chi connectivity index (χ1) is 8.71. The first kappa shape index (κ1) is 16.4. The molecule has 1 heterocycles. The Kier molecular flexibility index (Phi) is 5.31. The summed E-state index contributed by atoms with van der Waals surface area (Å²) in [5.41, 5.74) is -0.613. The number of nitrogens with zero attached hydrogens (tertiary/aromatic N) is 1. The molecule has 0 aromatic rings. The fourth-order valence-corrected chi connectivity index (χ4v) is 3.16.